The number of rotatable bonds is 6. The number of aryl methyl sites for hydroxylation is 2. The van der Waals surface area contributed by atoms with Crippen molar-refractivity contribution >= 4 is 56.7 Å². The third kappa shape index (κ3) is 5.90. The Labute approximate surface area is 169 Å². The molecular weight excluding hydrogens is 445 g/mol. The van der Waals surface area contributed by atoms with Crippen molar-refractivity contribution < 1.29 is 19.1 Å². The van der Waals surface area contributed by atoms with E-state index in [1.807, 2.05) is 19.9 Å². The van der Waals surface area contributed by atoms with Crippen molar-refractivity contribution in [3.8, 4) is 5.75 Å². The van der Waals surface area contributed by atoms with Gasteiger partial charge in [-0.1, -0.05) is 29.3 Å². The van der Waals surface area contributed by atoms with E-state index in [0.717, 1.165) is 11.1 Å². The summed E-state index contributed by atoms with van der Waals surface area (Å²) < 4.78 is 10.8. The van der Waals surface area contributed by atoms with E-state index in [1.165, 1.54) is 0 Å². The highest BCUT2D eigenvalue weighted by atomic mass is 79.9. The lowest BCUT2D eigenvalue weighted by molar-refractivity contribution is -0.149. The number of benzene rings is 2. The molecule has 5 nitrogen and oxygen atoms in total. The van der Waals surface area contributed by atoms with Crippen LogP contribution in [0.3, 0.4) is 0 Å². The van der Waals surface area contributed by atoms with Crippen LogP contribution < -0.4 is 10.1 Å². The highest BCUT2D eigenvalue weighted by molar-refractivity contribution is 9.10. The molecule has 0 aliphatic heterocycles. The van der Waals surface area contributed by atoms with Crippen LogP contribution in [0.5, 0.6) is 5.75 Å². The van der Waals surface area contributed by atoms with Crippen molar-refractivity contribution in [1.82, 2.24) is 0 Å². The van der Waals surface area contributed by atoms with Gasteiger partial charge in [0, 0.05) is 5.02 Å². The van der Waals surface area contributed by atoms with Gasteiger partial charge in [-0.3, -0.25) is 4.79 Å². The van der Waals surface area contributed by atoms with Crippen LogP contribution in [0.25, 0.3) is 0 Å². The van der Waals surface area contributed by atoms with Gasteiger partial charge in [0.25, 0.3) is 5.91 Å². The van der Waals surface area contributed by atoms with E-state index in [9.17, 15) is 9.59 Å². The van der Waals surface area contributed by atoms with Gasteiger partial charge in [0.2, 0.25) is 0 Å². The fraction of sp³-hybridized carbons (Fsp3) is 0.222. The number of nitrogens with one attached hydrogen (secondary N) is 1. The first-order valence-electron chi connectivity index (χ1n) is 7.56. The average molecular weight is 461 g/mol. The Hall–Kier alpha value is -1.76. The molecule has 0 unspecified atom stereocenters. The molecule has 8 heteroatoms. The first-order chi connectivity index (χ1) is 12.3. The van der Waals surface area contributed by atoms with Crippen LogP contribution in [0.2, 0.25) is 10.0 Å². The van der Waals surface area contributed by atoms with Gasteiger partial charge >= 0.3 is 5.97 Å². The molecule has 2 aromatic carbocycles. The zero-order chi connectivity index (χ0) is 19.3. The predicted molar refractivity (Wildman–Crippen MR) is 105 cm³/mol. The Bertz CT molecular complexity index is 819. The number of hydrogen-bond donors (Lipinski definition) is 1. The molecule has 0 aliphatic rings. The molecule has 0 bridgehead atoms. The van der Waals surface area contributed by atoms with Crippen LogP contribution in [-0.4, -0.2) is 25.1 Å². The first-order valence-corrected chi connectivity index (χ1v) is 9.11. The molecule has 0 spiro atoms. The molecule has 0 fully saturated rings. The number of amides is 1. The summed E-state index contributed by atoms with van der Waals surface area (Å²) in [5, 5.41) is 3.60. The molecule has 138 valence electrons. The fourth-order valence-electron chi connectivity index (χ4n) is 2.17. The zero-order valence-corrected chi connectivity index (χ0v) is 17.2. The molecule has 1 N–H and O–H groups in total. The quantitative estimate of drug-likeness (QED) is 0.620. The van der Waals surface area contributed by atoms with Gasteiger partial charge in [-0.25, -0.2) is 4.79 Å². The minimum absolute atomic E-state index is 0.335. The number of halogens is 3. The third-order valence-corrected chi connectivity index (χ3v) is 4.45. The van der Waals surface area contributed by atoms with Crippen molar-refractivity contribution in [3.05, 3.63) is 56.0 Å². The number of esters is 1. The summed E-state index contributed by atoms with van der Waals surface area (Å²) in [6.07, 6.45) is 0. The van der Waals surface area contributed by atoms with Crippen molar-refractivity contribution in [2.75, 3.05) is 18.5 Å². The first kappa shape index (κ1) is 20.6. The maximum atomic E-state index is 12.0. The fourth-order valence-corrected chi connectivity index (χ4v) is 3.33. The predicted octanol–water partition coefficient (Wildman–Crippen LogP) is 4.93. The Kier molecular flexibility index (Phi) is 7.32. The van der Waals surface area contributed by atoms with E-state index in [1.54, 1.807) is 24.3 Å². The smallest absolute Gasteiger partial charge is 0.344 e. The normalized spacial score (nSPS) is 10.3. The van der Waals surface area contributed by atoms with Crippen LogP contribution in [0.1, 0.15) is 11.1 Å². The summed E-state index contributed by atoms with van der Waals surface area (Å²) in [5.41, 5.74) is 2.31. The third-order valence-electron chi connectivity index (χ3n) is 3.30. The maximum Gasteiger partial charge on any atom is 0.344 e. The molecule has 2 aromatic rings. The monoisotopic (exact) mass is 459 g/mol. The minimum Gasteiger partial charge on any atom is -0.481 e. The number of carbonyl (C=O) groups excluding carboxylic acids is 2. The number of carbonyl (C=O) groups is 2. The molecular formula is C18H16BrCl2NO4. The molecule has 1 amide bonds. The number of ether oxygens (including phenoxy) is 2. The Morgan fingerprint density at radius 2 is 1.85 bits per heavy atom. The van der Waals surface area contributed by atoms with Gasteiger partial charge in [0.05, 0.1) is 15.2 Å². The average Bonchev–Trinajstić information content (AvgIpc) is 2.55. The summed E-state index contributed by atoms with van der Waals surface area (Å²) in [6, 6.07) is 8.53. The molecule has 0 heterocycles. The number of hydrogen-bond acceptors (Lipinski definition) is 4. The van der Waals surface area contributed by atoms with Gasteiger partial charge in [0.1, 0.15) is 5.75 Å². The largest absolute Gasteiger partial charge is 0.481 e. The molecule has 0 aliphatic carbocycles. The molecule has 0 saturated heterocycles. The zero-order valence-electron chi connectivity index (χ0n) is 14.1. The van der Waals surface area contributed by atoms with Gasteiger partial charge in [-0.15, -0.1) is 0 Å². The van der Waals surface area contributed by atoms with Crippen LogP contribution in [0.15, 0.2) is 34.8 Å². The highest BCUT2D eigenvalue weighted by Gasteiger charge is 2.13. The maximum absolute atomic E-state index is 12.0. The summed E-state index contributed by atoms with van der Waals surface area (Å²) >= 11 is 15.2. The van der Waals surface area contributed by atoms with Gasteiger partial charge in [-0.2, -0.15) is 0 Å². The number of anilines is 1. The highest BCUT2D eigenvalue weighted by Crippen LogP contribution is 2.28. The molecule has 0 atom stereocenters. The lowest BCUT2D eigenvalue weighted by atomic mass is 10.1. The molecule has 2 rings (SSSR count). The second-order valence-electron chi connectivity index (χ2n) is 5.51. The lowest BCUT2D eigenvalue weighted by Crippen LogP contribution is -2.24. The van der Waals surface area contributed by atoms with E-state index in [2.05, 4.69) is 21.2 Å². The second kappa shape index (κ2) is 9.26. The van der Waals surface area contributed by atoms with Gasteiger partial charge in [0.15, 0.2) is 13.2 Å². The molecule has 26 heavy (non-hydrogen) atoms. The topological polar surface area (TPSA) is 64.6 Å². The van der Waals surface area contributed by atoms with E-state index < -0.39 is 18.5 Å². The molecule has 0 saturated carbocycles. The summed E-state index contributed by atoms with van der Waals surface area (Å²) in [7, 11) is 0. The van der Waals surface area contributed by atoms with E-state index in [0.29, 0.717) is 26.0 Å². The van der Waals surface area contributed by atoms with Crippen molar-refractivity contribution in [1.29, 1.82) is 0 Å². The molecule has 0 aromatic heterocycles. The van der Waals surface area contributed by atoms with Crippen LogP contribution >= 0.6 is 39.1 Å². The van der Waals surface area contributed by atoms with E-state index >= 15 is 0 Å². The van der Waals surface area contributed by atoms with Crippen molar-refractivity contribution in [2.24, 2.45) is 0 Å². The second-order valence-corrected chi connectivity index (χ2v) is 7.21. The minimum atomic E-state index is -0.672. The van der Waals surface area contributed by atoms with Crippen molar-refractivity contribution in [2.45, 2.75) is 13.8 Å². The van der Waals surface area contributed by atoms with Crippen LogP contribution in [-0.2, 0) is 14.3 Å². The van der Waals surface area contributed by atoms with Crippen LogP contribution in [0.4, 0.5) is 5.69 Å². The van der Waals surface area contributed by atoms with Gasteiger partial charge in [-0.05, 0) is 65.2 Å². The summed E-state index contributed by atoms with van der Waals surface area (Å²) in [4.78, 5) is 23.7. The standard InChI is InChI=1S/C18H16BrCl2NO4/c1-10-5-11(2)18(14(21)6-10)22-16(23)8-26-17(24)9-25-15-4-3-12(20)7-13(15)19/h3-7H,8-9H2,1-2H3,(H,22,23). The van der Waals surface area contributed by atoms with Gasteiger partial charge < -0.3 is 14.8 Å². The van der Waals surface area contributed by atoms with Crippen molar-refractivity contribution in [3.63, 3.8) is 0 Å². The lowest BCUT2D eigenvalue weighted by Gasteiger charge is -2.12. The summed E-state index contributed by atoms with van der Waals surface area (Å²) in [6.45, 7) is 2.97. The van der Waals surface area contributed by atoms with E-state index in [-0.39, 0.29) is 6.61 Å². The molecule has 0 radical (unpaired) electrons. The SMILES string of the molecule is Cc1cc(C)c(NC(=O)COC(=O)COc2ccc(Cl)cc2Br)c(Cl)c1. The summed E-state index contributed by atoms with van der Waals surface area (Å²) in [5.74, 6) is -0.716. The van der Waals surface area contributed by atoms with E-state index in [4.69, 9.17) is 32.7 Å². The Balaban J connectivity index is 1.83. The Morgan fingerprint density at radius 1 is 1.12 bits per heavy atom. The Morgan fingerprint density at radius 3 is 2.50 bits per heavy atom. The van der Waals surface area contributed by atoms with Crippen LogP contribution in [0, 0.1) is 13.8 Å².